The van der Waals surface area contributed by atoms with Gasteiger partial charge in [-0.25, -0.2) is 23.1 Å². The molecule has 0 spiro atoms. The van der Waals surface area contributed by atoms with Gasteiger partial charge in [-0.15, -0.1) is 5.48 Å². The molecule has 1 aliphatic rings. The van der Waals surface area contributed by atoms with E-state index in [2.05, 4.69) is 20.2 Å². The Hall–Kier alpha value is -3.23. The number of rotatable bonds is 5. The standard InChI is InChI=1S/C21H20N4O3S/c1-14-15(2)24-28-21(14)25-29(26,27)20-6-4-3-5-19(20)17-9-7-16(8-10-17)18-11-22-13-23-12-18/h3-13,15,24-25H,1-2H3. The summed E-state index contributed by atoms with van der Waals surface area (Å²) in [7, 11) is -3.83. The molecule has 2 aromatic carbocycles. The van der Waals surface area contributed by atoms with Crippen molar-refractivity contribution >= 4 is 10.0 Å². The predicted octanol–water partition coefficient (Wildman–Crippen LogP) is 3.24. The quantitative estimate of drug-likeness (QED) is 0.673. The summed E-state index contributed by atoms with van der Waals surface area (Å²) in [5, 5.41) is 0. The van der Waals surface area contributed by atoms with E-state index in [9.17, 15) is 8.42 Å². The Morgan fingerprint density at radius 3 is 2.28 bits per heavy atom. The number of sulfonamides is 1. The first-order valence-corrected chi connectivity index (χ1v) is 10.5. The molecule has 8 heteroatoms. The zero-order valence-electron chi connectivity index (χ0n) is 16.0. The lowest BCUT2D eigenvalue weighted by Gasteiger charge is -2.13. The molecule has 7 nitrogen and oxygen atoms in total. The van der Waals surface area contributed by atoms with Crippen LogP contribution >= 0.6 is 0 Å². The third-order valence-corrected chi connectivity index (χ3v) is 6.23. The van der Waals surface area contributed by atoms with Crippen LogP contribution in [0.15, 0.2) is 83.6 Å². The fourth-order valence-electron chi connectivity index (χ4n) is 3.02. The second-order valence-electron chi connectivity index (χ2n) is 6.76. The highest BCUT2D eigenvalue weighted by Crippen LogP contribution is 2.30. The molecule has 1 aliphatic heterocycles. The van der Waals surface area contributed by atoms with Gasteiger partial charge in [-0.2, -0.15) is 0 Å². The van der Waals surface area contributed by atoms with Gasteiger partial charge in [-0.3, -0.25) is 0 Å². The van der Waals surface area contributed by atoms with Crippen LogP contribution in [0.4, 0.5) is 0 Å². The molecule has 148 valence electrons. The van der Waals surface area contributed by atoms with Gasteiger partial charge in [-0.05, 0) is 31.0 Å². The van der Waals surface area contributed by atoms with Gasteiger partial charge in [0.15, 0.2) is 0 Å². The lowest BCUT2D eigenvalue weighted by atomic mass is 10.0. The SMILES string of the molecule is CC1=C(NS(=O)(=O)c2ccccc2-c2ccc(-c3cncnc3)cc2)ONC1C. The fourth-order valence-corrected chi connectivity index (χ4v) is 4.31. The van der Waals surface area contributed by atoms with Crippen molar-refractivity contribution in [2.75, 3.05) is 0 Å². The zero-order chi connectivity index (χ0) is 20.4. The molecule has 0 radical (unpaired) electrons. The Bertz CT molecular complexity index is 1160. The summed E-state index contributed by atoms with van der Waals surface area (Å²) in [6.45, 7) is 3.71. The van der Waals surface area contributed by atoms with E-state index in [-0.39, 0.29) is 16.8 Å². The third-order valence-electron chi connectivity index (χ3n) is 4.84. The summed E-state index contributed by atoms with van der Waals surface area (Å²) < 4.78 is 28.7. The molecule has 3 aromatic rings. The van der Waals surface area contributed by atoms with Gasteiger partial charge in [0.05, 0.1) is 10.9 Å². The molecule has 4 rings (SSSR count). The molecule has 0 amide bonds. The maximum Gasteiger partial charge on any atom is 0.264 e. The number of hydrogen-bond acceptors (Lipinski definition) is 6. The van der Waals surface area contributed by atoms with Crippen molar-refractivity contribution in [2.45, 2.75) is 24.8 Å². The molecule has 2 heterocycles. The first-order chi connectivity index (χ1) is 14.0. The fraction of sp³-hybridized carbons (Fsp3) is 0.143. The van der Waals surface area contributed by atoms with Crippen LogP contribution in [0.25, 0.3) is 22.3 Å². The van der Waals surface area contributed by atoms with E-state index in [0.717, 1.165) is 22.3 Å². The number of hydroxylamine groups is 1. The largest absolute Gasteiger partial charge is 0.389 e. The van der Waals surface area contributed by atoms with E-state index in [1.807, 2.05) is 44.2 Å². The molecule has 1 atom stereocenters. The minimum atomic E-state index is -3.83. The number of nitrogens with zero attached hydrogens (tertiary/aromatic N) is 2. The van der Waals surface area contributed by atoms with Crippen molar-refractivity contribution in [1.82, 2.24) is 20.2 Å². The van der Waals surface area contributed by atoms with Gasteiger partial charge in [0.2, 0.25) is 5.88 Å². The maximum absolute atomic E-state index is 13.1. The van der Waals surface area contributed by atoms with E-state index in [0.29, 0.717) is 5.56 Å². The maximum atomic E-state index is 13.1. The number of benzene rings is 2. The van der Waals surface area contributed by atoms with Crippen LogP contribution in [0.1, 0.15) is 13.8 Å². The topological polar surface area (TPSA) is 93.2 Å². The molecule has 0 aliphatic carbocycles. The Balaban J connectivity index is 1.68. The molecule has 1 aromatic heterocycles. The molecular formula is C21H20N4O3S. The molecule has 0 fully saturated rings. The first-order valence-electron chi connectivity index (χ1n) is 9.06. The summed E-state index contributed by atoms with van der Waals surface area (Å²) >= 11 is 0. The van der Waals surface area contributed by atoms with Crippen LogP contribution in [-0.2, 0) is 14.9 Å². The summed E-state index contributed by atoms with van der Waals surface area (Å²) in [6.07, 6.45) is 4.95. The van der Waals surface area contributed by atoms with Crippen molar-refractivity contribution in [3.8, 4) is 22.3 Å². The monoisotopic (exact) mass is 408 g/mol. The van der Waals surface area contributed by atoms with Gasteiger partial charge in [-0.1, -0.05) is 42.5 Å². The third kappa shape index (κ3) is 3.85. The van der Waals surface area contributed by atoms with Crippen molar-refractivity contribution in [3.05, 3.63) is 78.7 Å². The molecule has 0 saturated heterocycles. The van der Waals surface area contributed by atoms with Gasteiger partial charge in [0, 0.05) is 29.1 Å². The number of nitrogens with one attached hydrogen (secondary N) is 2. The van der Waals surface area contributed by atoms with Crippen LogP contribution in [0, 0.1) is 0 Å². The molecule has 1 unspecified atom stereocenters. The number of aromatic nitrogens is 2. The normalized spacial score (nSPS) is 16.6. The van der Waals surface area contributed by atoms with E-state index >= 15 is 0 Å². The van der Waals surface area contributed by atoms with Crippen molar-refractivity contribution in [2.24, 2.45) is 0 Å². The van der Waals surface area contributed by atoms with E-state index in [1.54, 1.807) is 30.6 Å². The molecular weight excluding hydrogens is 388 g/mol. The second kappa shape index (κ2) is 7.65. The van der Waals surface area contributed by atoms with Crippen molar-refractivity contribution in [3.63, 3.8) is 0 Å². The summed E-state index contributed by atoms with van der Waals surface area (Å²) in [5.41, 5.74) is 6.78. The summed E-state index contributed by atoms with van der Waals surface area (Å²) in [6, 6.07) is 14.4. The van der Waals surface area contributed by atoms with Crippen LogP contribution in [0.2, 0.25) is 0 Å². The second-order valence-corrected chi connectivity index (χ2v) is 8.41. The highest BCUT2D eigenvalue weighted by Gasteiger charge is 2.26. The lowest BCUT2D eigenvalue weighted by Crippen LogP contribution is -2.25. The van der Waals surface area contributed by atoms with Gasteiger partial charge < -0.3 is 4.84 Å². The highest BCUT2D eigenvalue weighted by molar-refractivity contribution is 7.89. The average Bonchev–Trinajstić information content (AvgIpc) is 3.06. The number of hydrogen-bond donors (Lipinski definition) is 2. The van der Waals surface area contributed by atoms with E-state index < -0.39 is 10.0 Å². The lowest BCUT2D eigenvalue weighted by molar-refractivity contribution is 0.113. The Morgan fingerprint density at radius 1 is 0.966 bits per heavy atom. The van der Waals surface area contributed by atoms with Crippen LogP contribution in [-0.4, -0.2) is 24.4 Å². The van der Waals surface area contributed by atoms with Gasteiger partial charge in [0.25, 0.3) is 10.0 Å². The summed E-state index contributed by atoms with van der Waals surface area (Å²) in [5.74, 6) is 0.215. The van der Waals surface area contributed by atoms with E-state index in [4.69, 9.17) is 4.84 Å². The zero-order valence-corrected chi connectivity index (χ0v) is 16.8. The minimum Gasteiger partial charge on any atom is -0.389 e. The molecule has 0 bridgehead atoms. The van der Waals surface area contributed by atoms with Crippen molar-refractivity contribution in [1.29, 1.82) is 0 Å². The minimum absolute atomic E-state index is 0.0579. The average molecular weight is 408 g/mol. The van der Waals surface area contributed by atoms with Crippen LogP contribution in [0.3, 0.4) is 0 Å². The Morgan fingerprint density at radius 2 is 1.62 bits per heavy atom. The smallest absolute Gasteiger partial charge is 0.264 e. The Kier molecular flexibility index (Phi) is 5.04. The molecule has 0 saturated carbocycles. The highest BCUT2D eigenvalue weighted by atomic mass is 32.2. The van der Waals surface area contributed by atoms with Crippen molar-refractivity contribution < 1.29 is 13.3 Å². The van der Waals surface area contributed by atoms with Crippen LogP contribution in [0.5, 0.6) is 0 Å². The van der Waals surface area contributed by atoms with Crippen LogP contribution < -0.4 is 10.2 Å². The van der Waals surface area contributed by atoms with E-state index in [1.165, 1.54) is 6.33 Å². The van der Waals surface area contributed by atoms with Gasteiger partial charge >= 0.3 is 0 Å². The Labute approximate surface area is 169 Å². The molecule has 2 N–H and O–H groups in total. The summed E-state index contributed by atoms with van der Waals surface area (Å²) in [4.78, 5) is 13.5. The first kappa shape index (κ1) is 19.1. The predicted molar refractivity (Wildman–Crippen MR) is 110 cm³/mol. The van der Waals surface area contributed by atoms with Gasteiger partial charge in [0.1, 0.15) is 6.33 Å². The molecule has 29 heavy (non-hydrogen) atoms.